The first kappa shape index (κ1) is 27.6. The highest BCUT2D eigenvalue weighted by Gasteiger charge is 2.44. The Morgan fingerprint density at radius 3 is 2.41 bits per heavy atom. The summed E-state index contributed by atoms with van der Waals surface area (Å²) in [6.07, 6.45) is 0.704. The molecule has 3 heterocycles. The molecule has 2 atom stereocenters. The number of aliphatic hydroxyl groups excluding tert-OH is 1. The number of para-hydroxylation sites is 1. The highest BCUT2D eigenvalue weighted by atomic mass is 32.2. The molecule has 5 rings (SSSR count). The minimum Gasteiger partial charge on any atom is -0.391 e. The molecule has 10 nitrogen and oxygen atoms in total. The van der Waals surface area contributed by atoms with Crippen LogP contribution in [0.15, 0.2) is 53.4 Å². The van der Waals surface area contributed by atoms with Gasteiger partial charge in [-0.2, -0.15) is 4.31 Å². The van der Waals surface area contributed by atoms with Gasteiger partial charge in [-0.3, -0.25) is 4.79 Å². The van der Waals surface area contributed by atoms with Crippen LogP contribution >= 0.6 is 0 Å². The maximum atomic E-state index is 13.9. The van der Waals surface area contributed by atoms with Crippen molar-refractivity contribution in [2.75, 3.05) is 65.1 Å². The van der Waals surface area contributed by atoms with Gasteiger partial charge in [0, 0.05) is 74.8 Å². The van der Waals surface area contributed by atoms with Crippen LogP contribution in [0.3, 0.4) is 0 Å². The number of hydrogen-bond acceptors (Lipinski definition) is 7. The summed E-state index contributed by atoms with van der Waals surface area (Å²) in [5.74, 6) is -0.238. The Kier molecular flexibility index (Phi) is 8.24. The predicted molar refractivity (Wildman–Crippen MR) is 149 cm³/mol. The third-order valence-corrected chi connectivity index (χ3v) is 9.50. The molecule has 11 heteroatoms. The number of aromatic nitrogens is 1. The van der Waals surface area contributed by atoms with E-state index in [1.165, 1.54) is 4.31 Å². The highest BCUT2D eigenvalue weighted by Crippen LogP contribution is 2.38. The first-order valence-electron chi connectivity index (χ1n) is 13.3. The van der Waals surface area contributed by atoms with Gasteiger partial charge in [0.15, 0.2) is 0 Å². The Bertz CT molecular complexity index is 1380. The average molecular weight is 557 g/mol. The number of β-amino-alcohol motifs (C(OH)–C–C–N with tert-alkyl or cyclic N) is 1. The van der Waals surface area contributed by atoms with Gasteiger partial charge < -0.3 is 29.4 Å². The molecule has 1 aromatic heterocycles. The normalized spacial score (nSPS) is 19.9. The van der Waals surface area contributed by atoms with Crippen molar-refractivity contribution < 1.29 is 27.8 Å². The molecule has 2 aromatic carbocycles. The number of rotatable bonds is 11. The summed E-state index contributed by atoms with van der Waals surface area (Å²) in [6.45, 7) is 2.89. The Balaban J connectivity index is 1.47. The van der Waals surface area contributed by atoms with Crippen molar-refractivity contribution in [1.82, 2.24) is 14.2 Å². The van der Waals surface area contributed by atoms with Crippen molar-refractivity contribution in [1.29, 1.82) is 0 Å². The van der Waals surface area contributed by atoms with Crippen molar-refractivity contribution in [2.45, 2.75) is 29.9 Å². The van der Waals surface area contributed by atoms with E-state index >= 15 is 0 Å². The molecule has 2 saturated heterocycles. The number of carbonyl (C=O) groups excluding carboxylic acids is 1. The van der Waals surface area contributed by atoms with Crippen LogP contribution in [0.4, 0.5) is 5.69 Å². The van der Waals surface area contributed by atoms with Gasteiger partial charge in [-0.1, -0.05) is 18.2 Å². The van der Waals surface area contributed by atoms with Gasteiger partial charge in [0.1, 0.15) is 6.04 Å². The Morgan fingerprint density at radius 2 is 1.79 bits per heavy atom. The van der Waals surface area contributed by atoms with E-state index in [0.717, 1.165) is 27.8 Å². The number of ether oxygens (including phenoxy) is 2. The van der Waals surface area contributed by atoms with E-state index in [-0.39, 0.29) is 17.3 Å². The molecule has 2 aliphatic rings. The van der Waals surface area contributed by atoms with E-state index in [0.29, 0.717) is 52.2 Å². The van der Waals surface area contributed by atoms with E-state index in [4.69, 9.17) is 9.47 Å². The van der Waals surface area contributed by atoms with Crippen LogP contribution in [-0.4, -0.2) is 106 Å². The first-order valence-corrected chi connectivity index (χ1v) is 14.7. The van der Waals surface area contributed by atoms with Gasteiger partial charge in [-0.25, -0.2) is 8.42 Å². The number of benzene rings is 2. The molecule has 0 saturated carbocycles. The second-order valence-electron chi connectivity index (χ2n) is 10.1. The van der Waals surface area contributed by atoms with Crippen LogP contribution in [0.5, 0.6) is 0 Å². The summed E-state index contributed by atoms with van der Waals surface area (Å²) in [5, 5.41) is 11.2. The summed E-state index contributed by atoms with van der Waals surface area (Å²) < 4.78 is 39.3. The number of nitrogens with one attached hydrogen (secondary N) is 1. The number of hydrogen-bond donors (Lipinski definition) is 2. The number of anilines is 1. The van der Waals surface area contributed by atoms with Crippen molar-refractivity contribution in [3.63, 3.8) is 0 Å². The third-order valence-electron chi connectivity index (χ3n) is 7.60. The predicted octanol–water partition coefficient (Wildman–Crippen LogP) is 2.29. The van der Waals surface area contributed by atoms with E-state index in [1.54, 1.807) is 31.3 Å². The number of H-pyrrole nitrogens is 1. The molecule has 1 unspecified atom stereocenters. The van der Waals surface area contributed by atoms with Crippen molar-refractivity contribution in [2.24, 2.45) is 0 Å². The molecule has 2 aliphatic heterocycles. The standard InChI is InChI=1S/C28H36N4O6S/c1-37-15-13-30(14-16-38-2)28(34)27-10-12-32(27)39(35,36)22-7-8-26(31-11-9-21(33)19-31)23(18-22)25-17-20-5-3-4-6-24(20)29-25/h3-8,17-18,21,27,29,33H,9-16,19H2,1-2H3/t21-,27?/m0/s1. The molecule has 2 fully saturated rings. The van der Waals surface area contributed by atoms with Crippen LogP contribution in [0.25, 0.3) is 22.2 Å². The monoisotopic (exact) mass is 556 g/mol. The van der Waals surface area contributed by atoms with Crippen LogP contribution < -0.4 is 4.90 Å². The molecule has 2 N–H and O–H groups in total. The van der Waals surface area contributed by atoms with Gasteiger partial charge in [-0.05, 0) is 43.2 Å². The molecule has 0 bridgehead atoms. The molecule has 3 aromatic rings. The van der Waals surface area contributed by atoms with E-state index < -0.39 is 22.2 Å². The second-order valence-corrected chi connectivity index (χ2v) is 12.0. The number of carbonyl (C=O) groups is 1. The lowest BCUT2D eigenvalue weighted by molar-refractivity contribution is -0.139. The molecule has 210 valence electrons. The van der Waals surface area contributed by atoms with Gasteiger partial charge in [0.2, 0.25) is 15.9 Å². The van der Waals surface area contributed by atoms with Gasteiger partial charge in [0.05, 0.1) is 24.2 Å². The minimum absolute atomic E-state index is 0.137. The van der Waals surface area contributed by atoms with Gasteiger partial charge >= 0.3 is 0 Å². The van der Waals surface area contributed by atoms with Crippen molar-refractivity contribution in [3.8, 4) is 11.3 Å². The van der Waals surface area contributed by atoms with E-state index in [2.05, 4.69) is 9.88 Å². The molecular weight excluding hydrogens is 520 g/mol. The lowest BCUT2D eigenvalue weighted by Crippen LogP contribution is -2.59. The van der Waals surface area contributed by atoms with E-state index in [1.807, 2.05) is 36.4 Å². The topological polar surface area (TPSA) is 115 Å². The number of sulfonamides is 1. The van der Waals surface area contributed by atoms with Crippen LogP contribution in [0.2, 0.25) is 0 Å². The quantitative estimate of drug-likeness (QED) is 0.372. The Morgan fingerprint density at radius 1 is 1.05 bits per heavy atom. The van der Waals surface area contributed by atoms with Crippen LogP contribution in [0.1, 0.15) is 12.8 Å². The van der Waals surface area contributed by atoms with Crippen LogP contribution in [0, 0.1) is 0 Å². The van der Waals surface area contributed by atoms with Crippen molar-refractivity contribution >= 4 is 32.5 Å². The van der Waals surface area contributed by atoms with Gasteiger partial charge in [0.25, 0.3) is 0 Å². The zero-order valence-corrected chi connectivity index (χ0v) is 23.2. The maximum absolute atomic E-state index is 13.9. The summed E-state index contributed by atoms with van der Waals surface area (Å²) in [5.41, 5.74) is 3.35. The Labute approximate surface area is 229 Å². The molecule has 39 heavy (non-hydrogen) atoms. The number of methoxy groups -OCH3 is 2. The van der Waals surface area contributed by atoms with Gasteiger partial charge in [-0.15, -0.1) is 0 Å². The molecule has 0 radical (unpaired) electrons. The first-order chi connectivity index (χ1) is 18.8. The number of fused-ring (bicyclic) bond motifs is 1. The second kappa shape index (κ2) is 11.6. The smallest absolute Gasteiger partial charge is 0.243 e. The molecule has 0 aliphatic carbocycles. The summed E-state index contributed by atoms with van der Waals surface area (Å²) in [4.78, 5) is 20.6. The third kappa shape index (κ3) is 5.55. The molecular formula is C28H36N4O6S. The molecule has 0 spiro atoms. The zero-order valence-electron chi connectivity index (χ0n) is 22.4. The number of nitrogens with zero attached hydrogens (tertiary/aromatic N) is 3. The number of amides is 1. The van der Waals surface area contributed by atoms with Crippen LogP contribution in [-0.2, 0) is 24.3 Å². The fraction of sp³-hybridized carbons (Fsp3) is 0.464. The SMILES string of the molecule is COCCN(CCOC)C(=O)C1CCN1S(=O)(=O)c1ccc(N2CC[C@H](O)C2)c(-c2cc3ccccc3[nH]2)c1. The number of aliphatic hydroxyl groups is 1. The van der Waals surface area contributed by atoms with E-state index in [9.17, 15) is 18.3 Å². The summed E-state index contributed by atoms with van der Waals surface area (Å²) in [6, 6.07) is 14.3. The Hall–Kier alpha value is -2.96. The molecule has 1 amide bonds. The summed E-state index contributed by atoms with van der Waals surface area (Å²) >= 11 is 0. The number of aromatic amines is 1. The average Bonchev–Trinajstić information content (AvgIpc) is 3.53. The van der Waals surface area contributed by atoms with Crippen molar-refractivity contribution in [3.05, 3.63) is 48.5 Å². The largest absolute Gasteiger partial charge is 0.391 e. The fourth-order valence-electron chi connectivity index (χ4n) is 5.33. The maximum Gasteiger partial charge on any atom is 0.243 e. The minimum atomic E-state index is -3.94. The highest BCUT2D eigenvalue weighted by molar-refractivity contribution is 7.89. The fourth-order valence-corrected chi connectivity index (χ4v) is 6.98. The lowest BCUT2D eigenvalue weighted by Gasteiger charge is -2.41. The lowest BCUT2D eigenvalue weighted by atomic mass is 10.1. The summed E-state index contributed by atoms with van der Waals surface area (Å²) in [7, 11) is -0.809. The zero-order chi connectivity index (χ0) is 27.6.